The van der Waals surface area contributed by atoms with Gasteiger partial charge in [0.15, 0.2) is 0 Å². The van der Waals surface area contributed by atoms with Crippen LogP contribution < -0.4 is 5.73 Å². The zero-order valence-electron chi connectivity index (χ0n) is 13.7. The van der Waals surface area contributed by atoms with Gasteiger partial charge < -0.3 is 10.6 Å². The topological polar surface area (TPSA) is 46.3 Å². The minimum atomic E-state index is -0.565. The minimum Gasteiger partial charge on any atom is -0.369 e. The van der Waals surface area contributed by atoms with Crippen LogP contribution in [-0.2, 0) is 10.2 Å². The normalized spacial score (nSPS) is 22.7. The summed E-state index contributed by atoms with van der Waals surface area (Å²) in [5.74, 6) is 0.300. The molecule has 0 bridgehead atoms. The molecule has 2 atom stereocenters. The molecule has 2 N–H and O–H groups in total. The molecule has 1 amide bonds. The number of nitrogens with zero attached hydrogens (tertiary/aromatic N) is 1. The van der Waals surface area contributed by atoms with E-state index < -0.39 is 5.41 Å². The Morgan fingerprint density at radius 2 is 1.86 bits per heavy atom. The van der Waals surface area contributed by atoms with Crippen molar-refractivity contribution in [3.05, 3.63) is 35.9 Å². The van der Waals surface area contributed by atoms with Crippen molar-refractivity contribution in [2.24, 2.45) is 17.6 Å². The van der Waals surface area contributed by atoms with Crippen molar-refractivity contribution in [2.45, 2.75) is 45.6 Å². The highest BCUT2D eigenvalue weighted by Crippen LogP contribution is 2.44. The Kier molecular flexibility index (Phi) is 4.72. The van der Waals surface area contributed by atoms with E-state index in [1.54, 1.807) is 0 Å². The molecule has 1 fully saturated rings. The fourth-order valence-corrected chi connectivity index (χ4v) is 4.01. The van der Waals surface area contributed by atoms with E-state index in [9.17, 15) is 4.79 Å². The molecule has 0 unspecified atom stereocenters. The highest BCUT2D eigenvalue weighted by Gasteiger charge is 2.50. The van der Waals surface area contributed by atoms with Gasteiger partial charge in [0.05, 0.1) is 5.41 Å². The van der Waals surface area contributed by atoms with Crippen LogP contribution in [0.5, 0.6) is 0 Å². The smallest absolute Gasteiger partial charge is 0.228 e. The maximum Gasteiger partial charge on any atom is 0.228 e. The maximum atomic E-state index is 12.5. The molecule has 3 heteroatoms. The molecule has 0 saturated carbocycles. The summed E-state index contributed by atoms with van der Waals surface area (Å²) in [6.45, 7) is 10.7. The SMILES string of the molecule is CC(C)N1CC[C@H]([C@](C(N)=O)(c2ccccc2)C(C)C)C1. The number of primary amides is 1. The maximum absolute atomic E-state index is 12.5. The number of hydrogen-bond acceptors (Lipinski definition) is 2. The van der Waals surface area contributed by atoms with Crippen molar-refractivity contribution in [3.63, 3.8) is 0 Å². The molecule has 0 radical (unpaired) electrons. The molecule has 21 heavy (non-hydrogen) atoms. The van der Waals surface area contributed by atoms with Gasteiger partial charge in [-0.1, -0.05) is 44.2 Å². The summed E-state index contributed by atoms with van der Waals surface area (Å²) in [4.78, 5) is 15.0. The Labute approximate surface area is 128 Å². The summed E-state index contributed by atoms with van der Waals surface area (Å²) in [7, 11) is 0. The number of hydrogen-bond donors (Lipinski definition) is 1. The quantitative estimate of drug-likeness (QED) is 0.905. The number of carbonyl (C=O) groups is 1. The van der Waals surface area contributed by atoms with E-state index in [-0.39, 0.29) is 11.8 Å². The number of carbonyl (C=O) groups excluding carboxylic acids is 1. The summed E-state index contributed by atoms with van der Waals surface area (Å²) >= 11 is 0. The minimum absolute atomic E-state index is 0.181. The van der Waals surface area contributed by atoms with E-state index in [2.05, 4.69) is 44.7 Å². The van der Waals surface area contributed by atoms with Gasteiger partial charge in [0.25, 0.3) is 0 Å². The van der Waals surface area contributed by atoms with Crippen molar-refractivity contribution in [2.75, 3.05) is 13.1 Å². The van der Waals surface area contributed by atoms with Crippen molar-refractivity contribution in [1.29, 1.82) is 0 Å². The Morgan fingerprint density at radius 3 is 2.29 bits per heavy atom. The molecule has 1 heterocycles. The first-order chi connectivity index (χ1) is 9.90. The predicted octanol–water partition coefficient (Wildman–Crippen LogP) is 2.80. The van der Waals surface area contributed by atoms with Gasteiger partial charge in [-0.05, 0) is 44.2 Å². The van der Waals surface area contributed by atoms with Crippen LogP contribution in [0.4, 0.5) is 0 Å². The summed E-state index contributed by atoms with van der Waals surface area (Å²) in [6.07, 6.45) is 1.04. The average molecular weight is 288 g/mol. The molecular weight excluding hydrogens is 260 g/mol. The van der Waals surface area contributed by atoms with Gasteiger partial charge in [-0.15, -0.1) is 0 Å². The highest BCUT2D eigenvalue weighted by atomic mass is 16.1. The lowest BCUT2D eigenvalue weighted by molar-refractivity contribution is -0.127. The molecule has 0 aliphatic carbocycles. The fourth-order valence-electron chi connectivity index (χ4n) is 4.01. The van der Waals surface area contributed by atoms with Crippen LogP contribution in [0.15, 0.2) is 30.3 Å². The van der Waals surface area contributed by atoms with E-state index in [1.165, 1.54) is 0 Å². The van der Waals surface area contributed by atoms with Crippen LogP contribution in [0.2, 0.25) is 0 Å². The van der Waals surface area contributed by atoms with E-state index >= 15 is 0 Å². The third-order valence-corrected chi connectivity index (χ3v) is 5.16. The van der Waals surface area contributed by atoms with Crippen molar-refractivity contribution >= 4 is 5.91 Å². The first-order valence-electron chi connectivity index (χ1n) is 8.00. The Morgan fingerprint density at radius 1 is 1.24 bits per heavy atom. The first kappa shape index (κ1) is 16.0. The molecule has 3 nitrogen and oxygen atoms in total. The number of amides is 1. The standard InChI is InChI=1S/C18H28N2O/c1-13(2)18(17(19)21,15-8-6-5-7-9-15)16-10-11-20(12-16)14(3)4/h5-9,13-14,16H,10-12H2,1-4H3,(H2,19,21)/t16-,18+/m0/s1. The lowest BCUT2D eigenvalue weighted by atomic mass is 9.62. The van der Waals surface area contributed by atoms with Gasteiger partial charge in [-0.3, -0.25) is 4.79 Å². The largest absolute Gasteiger partial charge is 0.369 e. The van der Waals surface area contributed by atoms with Crippen LogP contribution in [0.25, 0.3) is 0 Å². The van der Waals surface area contributed by atoms with Gasteiger partial charge in [0.2, 0.25) is 5.91 Å². The zero-order chi connectivity index (χ0) is 15.6. The highest BCUT2D eigenvalue weighted by molar-refractivity contribution is 5.87. The van der Waals surface area contributed by atoms with Crippen molar-refractivity contribution < 1.29 is 4.79 Å². The van der Waals surface area contributed by atoms with Crippen LogP contribution in [0.3, 0.4) is 0 Å². The molecule has 1 aliphatic heterocycles. The molecule has 1 aliphatic rings. The molecule has 1 saturated heterocycles. The van der Waals surface area contributed by atoms with Crippen LogP contribution >= 0.6 is 0 Å². The molecule has 1 aromatic rings. The van der Waals surface area contributed by atoms with Gasteiger partial charge in [-0.25, -0.2) is 0 Å². The van der Waals surface area contributed by atoms with Gasteiger partial charge in [0.1, 0.15) is 0 Å². The van der Waals surface area contributed by atoms with Crippen LogP contribution in [-0.4, -0.2) is 29.9 Å². The number of rotatable bonds is 5. The predicted molar refractivity (Wildman–Crippen MR) is 87.0 cm³/mol. The Balaban J connectivity index is 2.45. The van der Waals surface area contributed by atoms with Gasteiger partial charge in [0, 0.05) is 12.6 Å². The van der Waals surface area contributed by atoms with Crippen LogP contribution in [0, 0.1) is 11.8 Å². The number of benzene rings is 1. The second kappa shape index (κ2) is 6.18. The van der Waals surface area contributed by atoms with Gasteiger partial charge in [-0.2, -0.15) is 0 Å². The first-order valence-corrected chi connectivity index (χ1v) is 8.00. The fraction of sp³-hybridized carbons (Fsp3) is 0.611. The van der Waals surface area contributed by atoms with E-state index in [4.69, 9.17) is 5.73 Å². The summed E-state index contributed by atoms with van der Waals surface area (Å²) in [5.41, 5.74) is 6.46. The Hall–Kier alpha value is -1.35. The van der Waals surface area contributed by atoms with E-state index in [0.717, 1.165) is 25.1 Å². The van der Waals surface area contributed by atoms with Crippen molar-refractivity contribution in [3.8, 4) is 0 Å². The van der Waals surface area contributed by atoms with Gasteiger partial charge >= 0.3 is 0 Å². The number of nitrogens with two attached hydrogens (primary N) is 1. The molecule has 0 aromatic heterocycles. The summed E-state index contributed by atoms with van der Waals surface area (Å²) < 4.78 is 0. The molecular formula is C18H28N2O. The molecule has 1 aromatic carbocycles. The third-order valence-electron chi connectivity index (χ3n) is 5.16. The Bertz CT molecular complexity index is 483. The zero-order valence-corrected chi connectivity index (χ0v) is 13.7. The average Bonchev–Trinajstić information content (AvgIpc) is 2.90. The second-order valence-electron chi connectivity index (χ2n) is 6.83. The lowest BCUT2D eigenvalue weighted by Gasteiger charge is -2.40. The third kappa shape index (κ3) is 2.71. The van der Waals surface area contributed by atoms with E-state index in [0.29, 0.717) is 12.0 Å². The second-order valence-corrected chi connectivity index (χ2v) is 6.83. The van der Waals surface area contributed by atoms with Crippen LogP contribution in [0.1, 0.15) is 39.7 Å². The summed E-state index contributed by atoms with van der Waals surface area (Å²) in [5, 5.41) is 0. The number of likely N-dealkylation sites (tertiary alicyclic amines) is 1. The monoisotopic (exact) mass is 288 g/mol. The lowest BCUT2D eigenvalue weighted by Crippen LogP contribution is -2.52. The molecule has 2 rings (SSSR count). The molecule has 0 spiro atoms. The van der Waals surface area contributed by atoms with Crippen molar-refractivity contribution in [1.82, 2.24) is 4.90 Å². The molecule has 116 valence electrons. The summed E-state index contributed by atoms with van der Waals surface area (Å²) in [6, 6.07) is 10.6. The van der Waals surface area contributed by atoms with E-state index in [1.807, 2.05) is 18.2 Å².